The Kier molecular flexibility index (Phi) is 3.03. The molecule has 0 unspecified atom stereocenters. The fourth-order valence-electron chi connectivity index (χ4n) is 1.72. The van der Waals surface area contributed by atoms with Gasteiger partial charge in [-0.3, -0.25) is 0 Å². The normalized spacial score (nSPS) is 16.3. The summed E-state index contributed by atoms with van der Waals surface area (Å²) < 4.78 is 5.11. The van der Waals surface area contributed by atoms with E-state index in [0.29, 0.717) is 11.1 Å². The summed E-state index contributed by atoms with van der Waals surface area (Å²) in [7, 11) is 3.62. The number of halogens is 1. The summed E-state index contributed by atoms with van der Waals surface area (Å²) in [5.41, 5.74) is 1.16. The lowest BCUT2D eigenvalue weighted by atomic mass is 10.1. The summed E-state index contributed by atoms with van der Waals surface area (Å²) in [4.78, 5) is 2.28. The maximum atomic E-state index is 6.06. The first-order valence-electron chi connectivity index (χ1n) is 5.00. The Labute approximate surface area is 95.0 Å². The number of rotatable bonds is 3. The summed E-state index contributed by atoms with van der Waals surface area (Å²) in [6.07, 6.45) is 0. The molecule has 15 heavy (non-hydrogen) atoms. The number of likely N-dealkylation sites (N-methyl/N-ethyl adjacent to an activating group) is 1. The van der Waals surface area contributed by atoms with Crippen molar-refractivity contribution in [3.63, 3.8) is 0 Å². The zero-order chi connectivity index (χ0) is 10.8. The molecule has 1 aliphatic rings. The highest BCUT2D eigenvalue weighted by atomic mass is 35.5. The molecule has 0 bridgehead atoms. The van der Waals surface area contributed by atoms with Gasteiger partial charge in [0.05, 0.1) is 12.1 Å². The smallest absolute Gasteiger partial charge is 0.137 e. The lowest BCUT2D eigenvalue weighted by Crippen LogP contribution is -2.57. The minimum absolute atomic E-state index is 0.603. The fourth-order valence-corrected chi connectivity index (χ4v) is 1.98. The molecule has 2 rings (SSSR count). The van der Waals surface area contributed by atoms with E-state index in [0.717, 1.165) is 24.5 Å². The second-order valence-electron chi connectivity index (χ2n) is 3.71. The Morgan fingerprint density at radius 1 is 1.47 bits per heavy atom. The van der Waals surface area contributed by atoms with Crippen molar-refractivity contribution in [1.82, 2.24) is 5.32 Å². The number of hydrogen-bond donors (Lipinski definition) is 1. The van der Waals surface area contributed by atoms with E-state index in [9.17, 15) is 0 Å². The highest BCUT2D eigenvalue weighted by Gasteiger charge is 2.25. The van der Waals surface area contributed by atoms with Crippen LogP contribution in [0.5, 0.6) is 5.75 Å². The molecule has 0 saturated carbocycles. The number of benzene rings is 1. The van der Waals surface area contributed by atoms with Crippen LogP contribution in [0, 0.1) is 0 Å². The molecule has 1 heterocycles. The first-order valence-corrected chi connectivity index (χ1v) is 5.38. The van der Waals surface area contributed by atoms with Crippen molar-refractivity contribution >= 4 is 17.3 Å². The molecular formula is C11H15ClN2O. The van der Waals surface area contributed by atoms with Crippen molar-refractivity contribution in [2.24, 2.45) is 0 Å². The van der Waals surface area contributed by atoms with E-state index in [1.165, 1.54) is 0 Å². The van der Waals surface area contributed by atoms with Gasteiger partial charge in [0.2, 0.25) is 0 Å². The summed E-state index contributed by atoms with van der Waals surface area (Å²) in [6.45, 7) is 2.08. The average Bonchev–Trinajstić information content (AvgIpc) is 2.16. The van der Waals surface area contributed by atoms with Crippen molar-refractivity contribution in [2.45, 2.75) is 6.04 Å². The van der Waals surface area contributed by atoms with E-state index in [-0.39, 0.29) is 0 Å². The van der Waals surface area contributed by atoms with Crippen LogP contribution in [0.3, 0.4) is 0 Å². The Morgan fingerprint density at radius 2 is 2.20 bits per heavy atom. The maximum Gasteiger partial charge on any atom is 0.137 e. The SMILES string of the molecule is CNC1CN(c2ccc(OC)c(Cl)c2)C1. The van der Waals surface area contributed by atoms with Gasteiger partial charge in [-0.05, 0) is 25.2 Å². The molecule has 0 radical (unpaired) electrons. The zero-order valence-corrected chi connectivity index (χ0v) is 9.71. The number of ether oxygens (including phenoxy) is 1. The summed E-state index contributed by atoms with van der Waals surface area (Å²) in [5, 5.41) is 3.91. The standard InChI is InChI=1S/C11H15ClN2O/c1-13-8-6-14(7-8)9-3-4-11(15-2)10(12)5-9/h3-5,8,13H,6-7H2,1-2H3. The fraction of sp³-hybridized carbons (Fsp3) is 0.455. The van der Waals surface area contributed by atoms with Crippen LogP contribution in [-0.2, 0) is 0 Å². The molecule has 3 nitrogen and oxygen atoms in total. The molecule has 0 aliphatic carbocycles. The van der Waals surface area contributed by atoms with E-state index in [2.05, 4.69) is 10.2 Å². The van der Waals surface area contributed by atoms with Crippen LogP contribution in [0.25, 0.3) is 0 Å². The number of nitrogens with one attached hydrogen (secondary N) is 1. The lowest BCUT2D eigenvalue weighted by molar-refractivity contribution is 0.414. The van der Waals surface area contributed by atoms with Gasteiger partial charge >= 0.3 is 0 Å². The van der Waals surface area contributed by atoms with Crippen molar-refractivity contribution in [2.75, 3.05) is 32.1 Å². The third-order valence-corrected chi connectivity index (χ3v) is 3.09. The van der Waals surface area contributed by atoms with E-state index in [1.54, 1.807) is 7.11 Å². The quantitative estimate of drug-likeness (QED) is 0.850. The van der Waals surface area contributed by atoms with E-state index in [1.807, 2.05) is 25.2 Å². The van der Waals surface area contributed by atoms with E-state index < -0.39 is 0 Å². The Hall–Kier alpha value is -0.930. The van der Waals surface area contributed by atoms with Gasteiger partial charge in [0.25, 0.3) is 0 Å². The van der Waals surface area contributed by atoms with Crippen LogP contribution in [-0.4, -0.2) is 33.3 Å². The van der Waals surface area contributed by atoms with Crippen molar-refractivity contribution in [3.8, 4) is 5.75 Å². The Bertz CT molecular complexity index is 350. The summed E-state index contributed by atoms with van der Waals surface area (Å²) in [5.74, 6) is 0.728. The number of methoxy groups -OCH3 is 1. The summed E-state index contributed by atoms with van der Waals surface area (Å²) in [6, 6.07) is 6.50. The highest BCUT2D eigenvalue weighted by Crippen LogP contribution is 2.30. The predicted molar refractivity (Wildman–Crippen MR) is 63.1 cm³/mol. The molecule has 0 spiro atoms. The second-order valence-corrected chi connectivity index (χ2v) is 4.12. The van der Waals surface area contributed by atoms with Crippen LogP contribution >= 0.6 is 11.6 Å². The Morgan fingerprint density at radius 3 is 2.73 bits per heavy atom. The van der Waals surface area contributed by atoms with Gasteiger partial charge in [0, 0.05) is 24.8 Å². The van der Waals surface area contributed by atoms with Gasteiger partial charge in [-0.2, -0.15) is 0 Å². The highest BCUT2D eigenvalue weighted by molar-refractivity contribution is 6.32. The van der Waals surface area contributed by atoms with Crippen LogP contribution in [0.4, 0.5) is 5.69 Å². The van der Waals surface area contributed by atoms with Crippen LogP contribution < -0.4 is 15.0 Å². The van der Waals surface area contributed by atoms with Gasteiger partial charge < -0.3 is 15.0 Å². The molecule has 82 valence electrons. The Balaban J connectivity index is 2.08. The molecule has 4 heteroatoms. The number of nitrogens with zero attached hydrogens (tertiary/aromatic N) is 1. The maximum absolute atomic E-state index is 6.06. The van der Waals surface area contributed by atoms with Crippen molar-refractivity contribution in [3.05, 3.63) is 23.2 Å². The van der Waals surface area contributed by atoms with Gasteiger partial charge in [-0.25, -0.2) is 0 Å². The van der Waals surface area contributed by atoms with Crippen molar-refractivity contribution < 1.29 is 4.74 Å². The molecule has 0 aromatic heterocycles. The van der Waals surface area contributed by atoms with Crippen LogP contribution in [0.15, 0.2) is 18.2 Å². The molecular weight excluding hydrogens is 212 g/mol. The molecule has 1 aromatic carbocycles. The monoisotopic (exact) mass is 226 g/mol. The molecule has 1 aliphatic heterocycles. The first kappa shape index (κ1) is 10.6. The van der Waals surface area contributed by atoms with E-state index in [4.69, 9.17) is 16.3 Å². The zero-order valence-electron chi connectivity index (χ0n) is 8.96. The third-order valence-electron chi connectivity index (χ3n) is 2.79. The van der Waals surface area contributed by atoms with E-state index >= 15 is 0 Å². The summed E-state index contributed by atoms with van der Waals surface area (Å²) >= 11 is 6.06. The minimum atomic E-state index is 0.603. The second kappa shape index (κ2) is 4.29. The topological polar surface area (TPSA) is 24.5 Å². The lowest BCUT2D eigenvalue weighted by Gasteiger charge is -2.41. The number of hydrogen-bond acceptors (Lipinski definition) is 3. The largest absolute Gasteiger partial charge is 0.495 e. The van der Waals surface area contributed by atoms with Gasteiger partial charge in [0.1, 0.15) is 5.75 Å². The average molecular weight is 227 g/mol. The van der Waals surface area contributed by atoms with Gasteiger partial charge in [0.15, 0.2) is 0 Å². The minimum Gasteiger partial charge on any atom is -0.495 e. The molecule has 0 amide bonds. The van der Waals surface area contributed by atoms with Gasteiger partial charge in [-0.15, -0.1) is 0 Å². The third kappa shape index (κ3) is 2.03. The molecule has 0 atom stereocenters. The van der Waals surface area contributed by atoms with Gasteiger partial charge in [-0.1, -0.05) is 11.6 Å². The molecule has 1 saturated heterocycles. The predicted octanol–water partition coefficient (Wildman–Crippen LogP) is 1.76. The molecule has 1 N–H and O–H groups in total. The molecule has 1 fully saturated rings. The molecule has 1 aromatic rings. The van der Waals surface area contributed by atoms with Crippen LogP contribution in [0.2, 0.25) is 5.02 Å². The van der Waals surface area contributed by atoms with Crippen molar-refractivity contribution in [1.29, 1.82) is 0 Å². The van der Waals surface area contributed by atoms with Crippen LogP contribution in [0.1, 0.15) is 0 Å². The first-order chi connectivity index (χ1) is 7.24. The number of anilines is 1.